The van der Waals surface area contributed by atoms with Gasteiger partial charge in [-0.1, -0.05) is 23.7 Å². The van der Waals surface area contributed by atoms with E-state index >= 15 is 0 Å². The maximum absolute atomic E-state index is 13.6. The fourth-order valence-corrected chi connectivity index (χ4v) is 2.52. The monoisotopic (exact) mass is 295 g/mol. The molecule has 0 spiro atoms. The first-order valence-electron chi connectivity index (χ1n) is 5.36. The van der Waals surface area contributed by atoms with E-state index in [1.807, 2.05) is 0 Å². The summed E-state index contributed by atoms with van der Waals surface area (Å²) in [5.74, 6) is -0.997. The second kappa shape index (κ2) is 6.05. The fourth-order valence-electron chi connectivity index (χ4n) is 1.50. The van der Waals surface area contributed by atoms with Crippen molar-refractivity contribution in [3.05, 3.63) is 64.2 Å². The summed E-state index contributed by atoms with van der Waals surface area (Å²) in [4.78, 5) is -0.0750. The average Bonchev–Trinajstić information content (AvgIpc) is 2.39. The molecule has 0 heterocycles. The maximum atomic E-state index is 13.6. The van der Waals surface area contributed by atoms with Gasteiger partial charge in [-0.3, -0.25) is 0 Å². The number of benzene rings is 2. The molecule has 96 valence electrons. The number of hydrogen-bond donors (Lipinski definition) is 0. The van der Waals surface area contributed by atoms with Crippen LogP contribution >= 0.6 is 23.4 Å². The highest BCUT2D eigenvalue weighted by atomic mass is 35.5. The first kappa shape index (κ1) is 13.9. The van der Waals surface area contributed by atoms with Gasteiger partial charge in [0.05, 0.1) is 16.5 Å². The average molecular weight is 296 g/mol. The van der Waals surface area contributed by atoms with E-state index in [2.05, 4.69) is 0 Å². The Balaban J connectivity index is 2.16. The molecule has 0 unspecified atom stereocenters. The normalized spacial score (nSPS) is 10.2. The van der Waals surface area contributed by atoms with Crippen molar-refractivity contribution in [3.8, 4) is 6.07 Å². The topological polar surface area (TPSA) is 23.8 Å². The molecule has 0 aliphatic heterocycles. The van der Waals surface area contributed by atoms with E-state index in [0.29, 0.717) is 10.8 Å². The number of hydrogen-bond acceptors (Lipinski definition) is 2. The Hall–Kier alpha value is -1.57. The first-order valence-corrected chi connectivity index (χ1v) is 6.73. The first-order chi connectivity index (χ1) is 9.10. The molecule has 0 amide bonds. The Bertz CT molecular complexity index is 612. The minimum atomic E-state index is -0.712. The van der Waals surface area contributed by atoms with Crippen LogP contribution in [-0.4, -0.2) is 0 Å². The molecule has 0 radical (unpaired) electrons. The predicted octanol–water partition coefficient (Wildman–Crippen LogP) is 4.78. The van der Waals surface area contributed by atoms with E-state index in [9.17, 15) is 8.78 Å². The molecule has 19 heavy (non-hydrogen) atoms. The molecule has 1 nitrogen and oxygen atoms in total. The van der Waals surface area contributed by atoms with E-state index < -0.39 is 11.6 Å². The van der Waals surface area contributed by atoms with Crippen molar-refractivity contribution in [1.29, 1.82) is 5.26 Å². The summed E-state index contributed by atoms with van der Waals surface area (Å²) in [6.45, 7) is 0. The van der Waals surface area contributed by atoms with Crippen LogP contribution in [0.1, 0.15) is 11.1 Å². The van der Waals surface area contributed by atoms with Crippen LogP contribution < -0.4 is 0 Å². The molecule has 0 fully saturated rings. The van der Waals surface area contributed by atoms with Gasteiger partial charge >= 0.3 is 0 Å². The van der Waals surface area contributed by atoms with Crippen LogP contribution in [0.3, 0.4) is 0 Å². The van der Waals surface area contributed by atoms with Crippen LogP contribution in [0.5, 0.6) is 0 Å². The van der Waals surface area contributed by atoms with Crippen molar-refractivity contribution in [2.75, 3.05) is 0 Å². The molecule has 5 heteroatoms. The Morgan fingerprint density at radius 3 is 2.21 bits per heavy atom. The van der Waals surface area contributed by atoms with Gasteiger partial charge in [-0.15, -0.1) is 11.8 Å². The van der Waals surface area contributed by atoms with Gasteiger partial charge in [-0.25, -0.2) is 8.78 Å². The quantitative estimate of drug-likeness (QED) is 0.761. The van der Waals surface area contributed by atoms with E-state index in [1.54, 1.807) is 30.3 Å². The van der Waals surface area contributed by atoms with Crippen LogP contribution in [0.4, 0.5) is 8.78 Å². The molecule has 2 aromatic carbocycles. The number of thioether (sulfide) groups is 1. The van der Waals surface area contributed by atoms with Crippen molar-refractivity contribution in [1.82, 2.24) is 0 Å². The summed E-state index contributed by atoms with van der Waals surface area (Å²) in [5, 5.41) is 9.22. The summed E-state index contributed by atoms with van der Waals surface area (Å²) in [7, 11) is 0. The van der Waals surface area contributed by atoms with E-state index in [0.717, 1.165) is 29.5 Å². The molecule has 0 bridgehead atoms. The highest BCUT2D eigenvalue weighted by Gasteiger charge is 2.12. The summed E-state index contributed by atoms with van der Waals surface area (Å²) < 4.78 is 27.3. The third-order valence-corrected chi connectivity index (χ3v) is 3.83. The lowest BCUT2D eigenvalue weighted by Crippen LogP contribution is -1.91. The highest BCUT2D eigenvalue weighted by Crippen LogP contribution is 2.29. The minimum absolute atomic E-state index is 0.0224. The molecule has 0 atom stereocenters. The van der Waals surface area contributed by atoms with Gasteiger partial charge in [0.2, 0.25) is 0 Å². The lowest BCUT2D eigenvalue weighted by atomic mass is 10.2. The third kappa shape index (κ3) is 3.46. The predicted molar refractivity (Wildman–Crippen MR) is 72.1 cm³/mol. The van der Waals surface area contributed by atoms with Crippen LogP contribution in [0, 0.1) is 23.0 Å². The minimum Gasteiger partial charge on any atom is -0.206 e. The Morgan fingerprint density at radius 2 is 1.68 bits per heavy atom. The summed E-state index contributed by atoms with van der Waals surface area (Å²) >= 11 is 6.80. The maximum Gasteiger partial charge on any atom is 0.141 e. The lowest BCUT2D eigenvalue weighted by molar-refractivity contribution is 0.540. The molecule has 0 aromatic heterocycles. The SMILES string of the molecule is N#Cc1cc(F)c(SCc2ccc(Cl)cc2)c(F)c1. The second-order valence-electron chi connectivity index (χ2n) is 3.80. The number of nitriles is 1. The Kier molecular flexibility index (Phi) is 4.41. The molecule has 0 N–H and O–H groups in total. The van der Waals surface area contributed by atoms with Crippen LogP contribution in [0.25, 0.3) is 0 Å². The standard InChI is InChI=1S/C14H8ClF2NS/c15-11-3-1-9(2-4-11)8-19-14-12(16)5-10(7-18)6-13(14)17/h1-6H,8H2. The van der Waals surface area contributed by atoms with E-state index in [-0.39, 0.29) is 10.5 Å². The Morgan fingerprint density at radius 1 is 1.11 bits per heavy atom. The summed E-state index contributed by atoms with van der Waals surface area (Å²) in [5.41, 5.74) is 0.892. The highest BCUT2D eigenvalue weighted by molar-refractivity contribution is 7.98. The van der Waals surface area contributed by atoms with Gasteiger partial charge < -0.3 is 0 Å². The molecular weight excluding hydrogens is 288 g/mol. The summed E-state index contributed by atoms with van der Waals surface area (Å²) in [6, 6.07) is 10.8. The zero-order valence-corrected chi connectivity index (χ0v) is 11.2. The number of nitrogens with zero attached hydrogens (tertiary/aromatic N) is 1. The van der Waals surface area contributed by atoms with Gasteiger partial charge in [0.15, 0.2) is 0 Å². The smallest absolute Gasteiger partial charge is 0.141 e. The molecule has 2 aromatic rings. The zero-order chi connectivity index (χ0) is 13.8. The molecule has 0 saturated carbocycles. The van der Waals surface area contributed by atoms with Crippen molar-refractivity contribution in [2.24, 2.45) is 0 Å². The van der Waals surface area contributed by atoms with Gasteiger partial charge in [0.25, 0.3) is 0 Å². The Labute approximate surface area is 118 Å². The van der Waals surface area contributed by atoms with Gasteiger partial charge in [-0.2, -0.15) is 5.26 Å². The van der Waals surface area contributed by atoms with E-state index in [4.69, 9.17) is 16.9 Å². The molecule has 2 rings (SSSR count). The fraction of sp³-hybridized carbons (Fsp3) is 0.0714. The van der Waals surface area contributed by atoms with E-state index in [1.165, 1.54) is 0 Å². The van der Waals surface area contributed by atoms with Crippen LogP contribution in [0.15, 0.2) is 41.3 Å². The molecular formula is C14H8ClF2NS. The van der Waals surface area contributed by atoms with Crippen molar-refractivity contribution in [2.45, 2.75) is 10.6 Å². The van der Waals surface area contributed by atoms with Crippen molar-refractivity contribution < 1.29 is 8.78 Å². The van der Waals surface area contributed by atoms with Gasteiger partial charge in [-0.05, 0) is 29.8 Å². The molecule has 0 aliphatic rings. The third-order valence-electron chi connectivity index (χ3n) is 2.42. The largest absolute Gasteiger partial charge is 0.206 e. The lowest BCUT2D eigenvalue weighted by Gasteiger charge is -2.05. The van der Waals surface area contributed by atoms with Gasteiger partial charge in [0.1, 0.15) is 11.6 Å². The van der Waals surface area contributed by atoms with Crippen molar-refractivity contribution in [3.63, 3.8) is 0 Å². The van der Waals surface area contributed by atoms with Crippen LogP contribution in [0.2, 0.25) is 5.02 Å². The van der Waals surface area contributed by atoms with Crippen molar-refractivity contribution >= 4 is 23.4 Å². The summed E-state index contributed by atoms with van der Waals surface area (Å²) in [6.07, 6.45) is 0. The number of halogens is 3. The molecule has 0 aliphatic carbocycles. The van der Waals surface area contributed by atoms with Crippen LogP contribution in [-0.2, 0) is 5.75 Å². The van der Waals surface area contributed by atoms with Gasteiger partial charge in [0, 0.05) is 10.8 Å². The zero-order valence-electron chi connectivity index (χ0n) is 9.66. The number of rotatable bonds is 3. The molecule has 0 saturated heterocycles. The second-order valence-corrected chi connectivity index (χ2v) is 5.22.